The van der Waals surface area contributed by atoms with Crippen LogP contribution in [-0.4, -0.2) is 59.2 Å². The van der Waals surface area contributed by atoms with E-state index in [-0.39, 0.29) is 5.88 Å². The van der Waals surface area contributed by atoms with E-state index in [0.29, 0.717) is 5.82 Å². The van der Waals surface area contributed by atoms with Gasteiger partial charge in [-0.15, -0.1) is 10.2 Å². The van der Waals surface area contributed by atoms with Crippen LogP contribution in [-0.2, 0) is 6.42 Å². The second kappa shape index (κ2) is 8.45. The molecule has 1 saturated heterocycles. The third kappa shape index (κ3) is 3.91. The topological polar surface area (TPSA) is 107 Å². The molecule has 0 aliphatic carbocycles. The number of anilines is 2. The summed E-state index contributed by atoms with van der Waals surface area (Å²) in [6.45, 7) is 3.42. The molecule has 5 heterocycles. The van der Waals surface area contributed by atoms with E-state index < -0.39 is 0 Å². The van der Waals surface area contributed by atoms with Crippen molar-refractivity contribution >= 4 is 38.7 Å². The SMILES string of the molecule is Oc1[nH]cc2cc(-c3cnc(Nc4nnc(CCN5CCCCC5)s4)c4nccn34)ccc12. The van der Waals surface area contributed by atoms with E-state index in [4.69, 9.17) is 0 Å². The van der Waals surface area contributed by atoms with Gasteiger partial charge in [-0.25, -0.2) is 9.97 Å². The van der Waals surface area contributed by atoms with Crippen molar-refractivity contribution in [3.8, 4) is 17.1 Å². The number of piperidine rings is 1. The molecular formula is C23H24N8OS. The number of rotatable bonds is 6. The second-order valence-electron chi connectivity index (χ2n) is 8.33. The molecule has 6 rings (SSSR count). The van der Waals surface area contributed by atoms with Crippen LogP contribution in [0.1, 0.15) is 24.3 Å². The highest BCUT2D eigenvalue weighted by molar-refractivity contribution is 7.15. The average Bonchev–Trinajstić information content (AvgIpc) is 3.59. The normalized spacial score (nSPS) is 14.9. The smallest absolute Gasteiger partial charge is 0.211 e. The molecule has 9 nitrogen and oxygen atoms in total. The molecule has 5 aromatic rings. The predicted octanol–water partition coefficient (Wildman–Crippen LogP) is 4.21. The van der Waals surface area contributed by atoms with Crippen molar-refractivity contribution < 1.29 is 5.11 Å². The minimum Gasteiger partial charge on any atom is -0.494 e. The summed E-state index contributed by atoms with van der Waals surface area (Å²) in [7, 11) is 0. The number of nitrogens with one attached hydrogen (secondary N) is 2. The van der Waals surface area contributed by atoms with E-state index in [1.165, 1.54) is 32.4 Å². The first-order valence-corrected chi connectivity index (χ1v) is 12.0. The Bertz CT molecular complexity index is 1410. The van der Waals surface area contributed by atoms with Crippen molar-refractivity contribution in [3.63, 3.8) is 0 Å². The molecule has 1 fully saturated rings. The largest absolute Gasteiger partial charge is 0.494 e. The Morgan fingerprint density at radius 2 is 2.03 bits per heavy atom. The van der Waals surface area contributed by atoms with Crippen LogP contribution in [0.15, 0.2) is 43.0 Å². The first-order valence-electron chi connectivity index (χ1n) is 11.2. The zero-order valence-corrected chi connectivity index (χ0v) is 18.8. The first kappa shape index (κ1) is 20.1. The fraction of sp³-hybridized carbons (Fsp3) is 0.304. The Morgan fingerprint density at radius 1 is 1.12 bits per heavy atom. The van der Waals surface area contributed by atoms with Crippen LogP contribution in [0, 0.1) is 0 Å². The average molecular weight is 461 g/mol. The number of H-pyrrole nitrogens is 1. The van der Waals surface area contributed by atoms with Gasteiger partial charge in [-0.3, -0.25) is 4.40 Å². The lowest BCUT2D eigenvalue weighted by Crippen LogP contribution is -2.31. The van der Waals surface area contributed by atoms with Crippen molar-refractivity contribution in [2.45, 2.75) is 25.7 Å². The molecule has 0 spiro atoms. The minimum atomic E-state index is 0.175. The summed E-state index contributed by atoms with van der Waals surface area (Å²) in [4.78, 5) is 14.5. The van der Waals surface area contributed by atoms with Gasteiger partial charge in [-0.1, -0.05) is 23.8 Å². The van der Waals surface area contributed by atoms with Gasteiger partial charge in [0.15, 0.2) is 17.3 Å². The molecule has 0 bridgehead atoms. The second-order valence-corrected chi connectivity index (χ2v) is 9.39. The molecule has 1 aliphatic rings. The van der Waals surface area contributed by atoms with Crippen molar-refractivity contribution in [1.82, 2.24) is 34.4 Å². The molecular weight excluding hydrogens is 436 g/mol. The number of fused-ring (bicyclic) bond motifs is 2. The van der Waals surface area contributed by atoms with Crippen molar-refractivity contribution in [3.05, 3.63) is 48.0 Å². The van der Waals surface area contributed by atoms with E-state index >= 15 is 0 Å². The van der Waals surface area contributed by atoms with Crippen LogP contribution >= 0.6 is 11.3 Å². The lowest BCUT2D eigenvalue weighted by Gasteiger charge is -2.25. The summed E-state index contributed by atoms with van der Waals surface area (Å²) >= 11 is 1.57. The van der Waals surface area contributed by atoms with Crippen LogP contribution < -0.4 is 5.32 Å². The van der Waals surface area contributed by atoms with Gasteiger partial charge >= 0.3 is 0 Å². The molecule has 1 aromatic carbocycles. The number of hydrogen-bond acceptors (Lipinski definition) is 8. The number of benzene rings is 1. The molecule has 0 radical (unpaired) electrons. The van der Waals surface area contributed by atoms with Gasteiger partial charge < -0.3 is 20.3 Å². The molecule has 3 N–H and O–H groups in total. The van der Waals surface area contributed by atoms with Crippen LogP contribution in [0.4, 0.5) is 10.9 Å². The highest BCUT2D eigenvalue weighted by Crippen LogP contribution is 2.31. The maximum Gasteiger partial charge on any atom is 0.211 e. The fourth-order valence-electron chi connectivity index (χ4n) is 4.44. The molecule has 0 amide bonds. The van der Waals surface area contributed by atoms with Gasteiger partial charge in [0, 0.05) is 47.9 Å². The van der Waals surface area contributed by atoms with Crippen LogP contribution in [0.3, 0.4) is 0 Å². The highest BCUT2D eigenvalue weighted by atomic mass is 32.1. The van der Waals surface area contributed by atoms with Crippen LogP contribution in [0.2, 0.25) is 0 Å². The number of hydrogen-bond donors (Lipinski definition) is 3. The molecule has 0 unspecified atom stereocenters. The number of imidazole rings is 1. The van der Waals surface area contributed by atoms with E-state index in [9.17, 15) is 5.11 Å². The van der Waals surface area contributed by atoms with Gasteiger partial charge in [-0.2, -0.15) is 0 Å². The number of nitrogens with zero attached hydrogens (tertiary/aromatic N) is 6. The molecule has 0 atom stereocenters. The third-order valence-corrected chi connectivity index (χ3v) is 7.08. The Morgan fingerprint density at radius 3 is 2.94 bits per heavy atom. The van der Waals surface area contributed by atoms with Crippen LogP contribution in [0.25, 0.3) is 27.7 Å². The lowest BCUT2D eigenvalue weighted by molar-refractivity contribution is 0.231. The van der Waals surface area contributed by atoms with Crippen molar-refractivity contribution in [2.75, 3.05) is 25.0 Å². The molecule has 33 heavy (non-hydrogen) atoms. The quantitative estimate of drug-likeness (QED) is 0.348. The molecule has 1 aliphatic heterocycles. The third-order valence-electron chi connectivity index (χ3n) is 6.18. The first-order chi connectivity index (χ1) is 16.2. The molecule has 10 heteroatoms. The van der Waals surface area contributed by atoms with Gasteiger partial charge in [0.1, 0.15) is 5.01 Å². The molecule has 4 aromatic heterocycles. The zero-order valence-electron chi connectivity index (χ0n) is 18.0. The maximum atomic E-state index is 9.89. The van der Waals surface area contributed by atoms with Crippen LogP contribution in [0.5, 0.6) is 5.88 Å². The van der Waals surface area contributed by atoms with Gasteiger partial charge in [0.05, 0.1) is 11.9 Å². The maximum absolute atomic E-state index is 9.89. The predicted molar refractivity (Wildman–Crippen MR) is 129 cm³/mol. The Balaban J connectivity index is 1.23. The summed E-state index contributed by atoms with van der Waals surface area (Å²) in [5.41, 5.74) is 2.61. The highest BCUT2D eigenvalue weighted by Gasteiger charge is 2.15. The van der Waals surface area contributed by atoms with Gasteiger partial charge in [-0.05, 0) is 38.1 Å². The number of likely N-dealkylation sites (tertiary alicyclic amines) is 1. The standard InChI is InChI=1S/C23H24N8OS/c32-22-17-5-4-15(12-16(17)13-26-22)18-14-25-20(21-24-7-11-31(18)21)27-23-29-28-19(33-23)6-10-30-8-2-1-3-9-30/h4-5,7,11-14,26,32H,1-3,6,8-10H2,(H,25,27,29). The van der Waals surface area contributed by atoms with E-state index in [0.717, 1.165) is 50.8 Å². The number of aromatic hydroxyl groups is 1. The summed E-state index contributed by atoms with van der Waals surface area (Å²) in [5.74, 6) is 0.817. The summed E-state index contributed by atoms with van der Waals surface area (Å²) < 4.78 is 2.00. The number of aromatic nitrogens is 6. The zero-order chi connectivity index (χ0) is 22.2. The lowest BCUT2D eigenvalue weighted by atomic mass is 10.1. The Labute approximate surface area is 194 Å². The Kier molecular flexibility index (Phi) is 5.16. The summed E-state index contributed by atoms with van der Waals surface area (Å²) in [6.07, 6.45) is 12.2. The Hall–Kier alpha value is -3.50. The van der Waals surface area contributed by atoms with Crippen molar-refractivity contribution in [1.29, 1.82) is 0 Å². The minimum absolute atomic E-state index is 0.175. The van der Waals surface area contributed by atoms with E-state index in [1.54, 1.807) is 23.7 Å². The molecule has 0 saturated carbocycles. The van der Waals surface area contributed by atoms with E-state index in [1.807, 2.05) is 35.0 Å². The summed E-state index contributed by atoms with van der Waals surface area (Å²) in [5, 5.41) is 25.3. The number of aromatic amines is 1. The van der Waals surface area contributed by atoms with Gasteiger partial charge in [0.25, 0.3) is 0 Å². The fourth-order valence-corrected chi connectivity index (χ4v) is 5.17. The monoisotopic (exact) mass is 460 g/mol. The molecule has 168 valence electrons. The van der Waals surface area contributed by atoms with Crippen molar-refractivity contribution in [2.24, 2.45) is 0 Å². The summed E-state index contributed by atoms with van der Waals surface area (Å²) in [6, 6.07) is 5.89. The van der Waals surface area contributed by atoms with Gasteiger partial charge in [0.2, 0.25) is 5.13 Å². The van der Waals surface area contributed by atoms with E-state index in [2.05, 4.69) is 35.4 Å².